The number of nitrogens with one attached hydrogen (secondary N) is 2. The van der Waals surface area contributed by atoms with E-state index in [0.29, 0.717) is 21.3 Å². The van der Waals surface area contributed by atoms with Crippen LogP contribution in [-0.2, 0) is 6.54 Å². The lowest BCUT2D eigenvalue weighted by Crippen LogP contribution is -2.42. The Morgan fingerprint density at radius 1 is 1.06 bits per heavy atom. The summed E-state index contributed by atoms with van der Waals surface area (Å²) in [6.07, 6.45) is 0. The molecule has 0 spiro atoms. The molecule has 0 bridgehead atoms. The van der Waals surface area contributed by atoms with Gasteiger partial charge in [0.1, 0.15) is 5.01 Å². The summed E-state index contributed by atoms with van der Waals surface area (Å²) < 4.78 is 1.14. The van der Waals surface area contributed by atoms with Gasteiger partial charge in [0.2, 0.25) is 0 Å². The van der Waals surface area contributed by atoms with E-state index < -0.39 is 0 Å². The summed E-state index contributed by atoms with van der Waals surface area (Å²) in [6.45, 7) is 4.99. The van der Waals surface area contributed by atoms with E-state index in [4.69, 9.17) is 28.2 Å². The molecule has 2 heterocycles. The Bertz CT molecular complexity index is 1320. The number of para-hydroxylation sites is 2. The highest BCUT2D eigenvalue weighted by atomic mass is 35.5. The third-order valence-corrected chi connectivity index (χ3v) is 7.29. The number of benzene rings is 3. The molecule has 9 heteroatoms. The number of fused-ring (bicyclic) bond motifs is 1. The molecule has 0 saturated carbocycles. The van der Waals surface area contributed by atoms with E-state index in [1.807, 2.05) is 24.3 Å². The van der Waals surface area contributed by atoms with Crippen LogP contribution in [0.2, 0.25) is 10.0 Å². The number of carbonyl (C=O) groups excluding carboxylic acids is 1. The molecule has 2 N–H and O–H groups in total. The molecule has 1 aliphatic heterocycles. The number of anilines is 1. The lowest BCUT2D eigenvalue weighted by atomic mass is 10.1. The lowest BCUT2D eigenvalue weighted by molar-refractivity contribution is 0.102. The summed E-state index contributed by atoms with van der Waals surface area (Å²) in [5.41, 5.74) is 4.20. The van der Waals surface area contributed by atoms with Gasteiger partial charge in [0.25, 0.3) is 5.91 Å². The van der Waals surface area contributed by atoms with Crippen molar-refractivity contribution in [3.05, 3.63) is 81.8 Å². The highest BCUT2D eigenvalue weighted by Crippen LogP contribution is 2.36. The van der Waals surface area contributed by atoms with Gasteiger partial charge in [-0.3, -0.25) is 9.69 Å². The van der Waals surface area contributed by atoms with Crippen molar-refractivity contribution in [2.75, 3.05) is 31.5 Å². The predicted molar refractivity (Wildman–Crippen MR) is 145 cm³/mol. The Labute approximate surface area is 218 Å². The molecule has 0 aliphatic carbocycles. The first-order valence-electron chi connectivity index (χ1n) is 10.8. The van der Waals surface area contributed by atoms with Crippen LogP contribution in [0.4, 0.5) is 5.69 Å². The number of halogens is 3. The fraction of sp³-hybridized carbons (Fsp3) is 0.200. The summed E-state index contributed by atoms with van der Waals surface area (Å²) in [5.74, 6) is -0.287. The molecule has 0 atom stereocenters. The van der Waals surface area contributed by atoms with Crippen molar-refractivity contribution in [1.82, 2.24) is 15.2 Å². The zero-order valence-corrected chi connectivity index (χ0v) is 21.3. The molecule has 5 rings (SSSR count). The van der Waals surface area contributed by atoms with Crippen LogP contribution in [0.15, 0.2) is 60.7 Å². The van der Waals surface area contributed by atoms with Gasteiger partial charge in [-0.25, -0.2) is 4.98 Å². The second kappa shape index (κ2) is 11.0. The van der Waals surface area contributed by atoms with Gasteiger partial charge in [0.05, 0.1) is 26.5 Å². The number of hydrogen-bond acceptors (Lipinski definition) is 5. The van der Waals surface area contributed by atoms with E-state index >= 15 is 0 Å². The molecule has 4 aromatic rings. The fourth-order valence-corrected chi connectivity index (χ4v) is 5.55. The third-order valence-electron chi connectivity index (χ3n) is 5.69. The Morgan fingerprint density at radius 2 is 1.85 bits per heavy atom. The SMILES string of the molecule is Cl.O=C(Nc1ccccc1-c1nc2c(CN3CCNCC3)cccc2s1)c1ccc(Cl)cc1Cl. The van der Waals surface area contributed by atoms with Crippen LogP contribution in [0.5, 0.6) is 0 Å². The number of aromatic nitrogens is 1. The van der Waals surface area contributed by atoms with E-state index in [2.05, 4.69) is 33.7 Å². The first-order chi connectivity index (χ1) is 16.1. The van der Waals surface area contributed by atoms with Gasteiger partial charge < -0.3 is 10.6 Å². The van der Waals surface area contributed by atoms with E-state index in [1.54, 1.807) is 29.5 Å². The number of rotatable bonds is 5. The number of piperazine rings is 1. The molecule has 1 aliphatic rings. The molecule has 1 fully saturated rings. The molecule has 5 nitrogen and oxygen atoms in total. The molecule has 34 heavy (non-hydrogen) atoms. The average molecular weight is 534 g/mol. The number of nitrogens with zero attached hydrogens (tertiary/aromatic N) is 2. The zero-order chi connectivity index (χ0) is 22.8. The van der Waals surface area contributed by atoms with Gasteiger partial charge in [-0.2, -0.15) is 0 Å². The van der Waals surface area contributed by atoms with Crippen LogP contribution >= 0.6 is 46.9 Å². The van der Waals surface area contributed by atoms with Gasteiger partial charge in [-0.15, -0.1) is 23.7 Å². The highest BCUT2D eigenvalue weighted by Gasteiger charge is 2.18. The van der Waals surface area contributed by atoms with E-state index in [1.165, 1.54) is 5.56 Å². The molecular formula is C25H23Cl3N4OS. The Hall–Kier alpha value is -2.19. The predicted octanol–water partition coefficient (Wildman–Crippen LogP) is 6.35. The maximum absolute atomic E-state index is 12.9. The maximum atomic E-state index is 12.9. The van der Waals surface area contributed by atoms with Crippen molar-refractivity contribution in [2.24, 2.45) is 0 Å². The zero-order valence-electron chi connectivity index (χ0n) is 18.2. The smallest absolute Gasteiger partial charge is 0.257 e. The van der Waals surface area contributed by atoms with E-state index in [-0.39, 0.29) is 18.3 Å². The molecule has 1 aromatic heterocycles. The molecule has 1 amide bonds. The van der Waals surface area contributed by atoms with Gasteiger partial charge in [0, 0.05) is 43.3 Å². The monoisotopic (exact) mass is 532 g/mol. The Kier molecular flexibility index (Phi) is 8.09. The highest BCUT2D eigenvalue weighted by molar-refractivity contribution is 7.21. The minimum Gasteiger partial charge on any atom is -0.321 e. The third kappa shape index (κ3) is 5.38. The Morgan fingerprint density at radius 3 is 2.65 bits per heavy atom. The van der Waals surface area contributed by atoms with Crippen LogP contribution < -0.4 is 10.6 Å². The lowest BCUT2D eigenvalue weighted by Gasteiger charge is -2.27. The summed E-state index contributed by atoms with van der Waals surface area (Å²) in [6, 6.07) is 18.9. The van der Waals surface area contributed by atoms with Crippen molar-refractivity contribution in [2.45, 2.75) is 6.54 Å². The summed E-state index contributed by atoms with van der Waals surface area (Å²) in [4.78, 5) is 20.4. The molecule has 3 aromatic carbocycles. The van der Waals surface area contributed by atoms with E-state index in [0.717, 1.165) is 53.5 Å². The second-order valence-corrected chi connectivity index (χ2v) is 9.81. The average Bonchev–Trinajstić information content (AvgIpc) is 3.25. The molecular weight excluding hydrogens is 511 g/mol. The van der Waals surface area contributed by atoms with Gasteiger partial charge in [0.15, 0.2) is 0 Å². The summed E-state index contributed by atoms with van der Waals surface area (Å²) in [5, 5.41) is 8.07. The normalized spacial score (nSPS) is 14.1. The largest absolute Gasteiger partial charge is 0.321 e. The maximum Gasteiger partial charge on any atom is 0.257 e. The van der Waals surface area contributed by atoms with Crippen molar-refractivity contribution in [3.63, 3.8) is 0 Å². The van der Waals surface area contributed by atoms with Crippen molar-refractivity contribution in [3.8, 4) is 10.6 Å². The van der Waals surface area contributed by atoms with Gasteiger partial charge in [-0.05, 0) is 42.0 Å². The minimum absolute atomic E-state index is 0. The molecule has 0 radical (unpaired) electrons. The Balaban J connectivity index is 0.00000274. The standard InChI is InChI=1S/C25H22Cl2N4OS.ClH/c26-17-8-9-18(20(27)14-17)24(32)29-21-6-2-1-5-19(21)25-30-23-16(4-3-7-22(23)33-25)15-31-12-10-28-11-13-31;/h1-9,14,28H,10-13,15H2,(H,29,32);1H. The van der Waals surface area contributed by atoms with Crippen molar-refractivity contribution >= 4 is 68.8 Å². The number of hydrogen-bond donors (Lipinski definition) is 2. The van der Waals surface area contributed by atoms with Crippen LogP contribution in [0.25, 0.3) is 20.8 Å². The second-order valence-electron chi connectivity index (χ2n) is 7.93. The minimum atomic E-state index is -0.287. The fourth-order valence-electron chi connectivity index (χ4n) is 4.00. The first kappa shape index (κ1) is 24.9. The van der Waals surface area contributed by atoms with E-state index in [9.17, 15) is 4.79 Å². The van der Waals surface area contributed by atoms with Crippen LogP contribution in [0, 0.1) is 0 Å². The number of thiazole rings is 1. The van der Waals surface area contributed by atoms with Gasteiger partial charge in [-0.1, -0.05) is 47.5 Å². The summed E-state index contributed by atoms with van der Waals surface area (Å²) in [7, 11) is 0. The topological polar surface area (TPSA) is 57.3 Å². The van der Waals surface area contributed by atoms with Crippen LogP contribution in [0.3, 0.4) is 0 Å². The summed E-state index contributed by atoms with van der Waals surface area (Å²) >= 11 is 13.8. The van der Waals surface area contributed by atoms with Gasteiger partial charge >= 0.3 is 0 Å². The van der Waals surface area contributed by atoms with Crippen molar-refractivity contribution in [1.29, 1.82) is 0 Å². The van der Waals surface area contributed by atoms with Crippen LogP contribution in [-0.4, -0.2) is 42.0 Å². The quantitative estimate of drug-likeness (QED) is 0.314. The molecule has 1 saturated heterocycles. The molecule has 0 unspecified atom stereocenters. The van der Waals surface area contributed by atoms with Crippen molar-refractivity contribution < 1.29 is 4.79 Å². The first-order valence-corrected chi connectivity index (χ1v) is 12.3. The van der Waals surface area contributed by atoms with Crippen LogP contribution in [0.1, 0.15) is 15.9 Å². The number of amides is 1. The number of carbonyl (C=O) groups is 1. The molecule has 176 valence electrons.